The monoisotopic (exact) mass is 534 g/mol. The largest absolute Gasteiger partial charge is 0.497 e. The van der Waals surface area contributed by atoms with E-state index >= 15 is 0 Å². The van der Waals surface area contributed by atoms with Gasteiger partial charge in [-0.1, -0.05) is 133 Å². The van der Waals surface area contributed by atoms with Crippen LogP contribution < -0.4 is 9.47 Å². The molecule has 0 aromatic heterocycles. The Labute approximate surface area is 243 Å². The molecule has 41 heavy (non-hydrogen) atoms. The molecule has 0 radical (unpaired) electrons. The molecule has 0 N–H and O–H groups in total. The molecule has 0 aliphatic heterocycles. The van der Waals surface area contributed by atoms with Gasteiger partial charge >= 0.3 is 0 Å². The molecule has 0 bridgehead atoms. The molecular weight excluding hydrogens is 500 g/mol. The molecule has 5 aromatic carbocycles. The summed E-state index contributed by atoms with van der Waals surface area (Å²) in [5, 5.41) is 0. The average Bonchev–Trinajstić information content (AvgIpc) is 3.06. The van der Waals surface area contributed by atoms with Gasteiger partial charge in [0, 0.05) is 0 Å². The first-order valence-electron chi connectivity index (χ1n) is 13.8. The van der Waals surface area contributed by atoms with E-state index in [2.05, 4.69) is 127 Å². The zero-order chi connectivity index (χ0) is 28.3. The molecule has 0 heterocycles. The summed E-state index contributed by atoms with van der Waals surface area (Å²) in [6, 6.07) is 48.3. The van der Waals surface area contributed by atoms with Crippen LogP contribution in [0.25, 0.3) is 22.8 Å². The standard InChI is InChI=1S/C39H34O2/c1-40-35-23-19-33(20-24-35)37(34-21-25-36(41-2)26-22-34)28-29-39(32-16-10-5-11-17-32)38(31-14-8-4-9-15-31)27-18-30-12-6-3-7-13-30/h3-28H,29H2,1-2H3/b27-18+,39-38+. The fraction of sp³-hybridized carbons (Fsp3) is 0.0769. The van der Waals surface area contributed by atoms with Crippen molar-refractivity contribution in [1.29, 1.82) is 0 Å². The number of benzene rings is 5. The zero-order valence-corrected chi connectivity index (χ0v) is 23.5. The number of hydrogen-bond acceptors (Lipinski definition) is 2. The first-order chi connectivity index (χ1) is 20.2. The second-order valence-electron chi connectivity index (χ2n) is 9.65. The highest BCUT2D eigenvalue weighted by Crippen LogP contribution is 2.34. The van der Waals surface area contributed by atoms with Gasteiger partial charge in [-0.3, -0.25) is 0 Å². The van der Waals surface area contributed by atoms with E-state index in [9.17, 15) is 0 Å². The van der Waals surface area contributed by atoms with Gasteiger partial charge in [0.1, 0.15) is 11.5 Å². The molecular formula is C39H34O2. The molecule has 2 heteroatoms. The summed E-state index contributed by atoms with van der Waals surface area (Å²) in [4.78, 5) is 0. The van der Waals surface area contributed by atoms with Crippen LogP contribution >= 0.6 is 0 Å². The van der Waals surface area contributed by atoms with Crippen LogP contribution in [-0.4, -0.2) is 14.2 Å². The minimum Gasteiger partial charge on any atom is -0.497 e. The maximum absolute atomic E-state index is 5.43. The van der Waals surface area contributed by atoms with Crippen molar-refractivity contribution in [2.24, 2.45) is 0 Å². The highest BCUT2D eigenvalue weighted by molar-refractivity contribution is 5.98. The van der Waals surface area contributed by atoms with Crippen LogP contribution in [0, 0.1) is 0 Å². The molecule has 0 spiro atoms. The molecule has 0 aliphatic rings. The molecule has 202 valence electrons. The quantitative estimate of drug-likeness (QED) is 0.131. The predicted molar refractivity (Wildman–Crippen MR) is 173 cm³/mol. The average molecular weight is 535 g/mol. The van der Waals surface area contributed by atoms with Crippen LogP contribution in [0.1, 0.15) is 34.2 Å². The Morgan fingerprint density at radius 1 is 0.512 bits per heavy atom. The van der Waals surface area contributed by atoms with Crippen molar-refractivity contribution >= 4 is 22.8 Å². The van der Waals surface area contributed by atoms with E-state index in [1.54, 1.807) is 14.2 Å². The van der Waals surface area contributed by atoms with E-state index in [4.69, 9.17) is 9.47 Å². The Hall–Kier alpha value is -5.08. The van der Waals surface area contributed by atoms with E-state index in [1.807, 2.05) is 30.3 Å². The van der Waals surface area contributed by atoms with Gasteiger partial charge in [-0.25, -0.2) is 0 Å². The van der Waals surface area contributed by atoms with Crippen molar-refractivity contribution < 1.29 is 9.47 Å². The summed E-state index contributed by atoms with van der Waals surface area (Å²) < 4.78 is 10.9. The second kappa shape index (κ2) is 13.8. The Morgan fingerprint density at radius 3 is 1.46 bits per heavy atom. The van der Waals surface area contributed by atoms with Crippen LogP contribution in [0.15, 0.2) is 152 Å². The van der Waals surface area contributed by atoms with Gasteiger partial charge in [-0.05, 0) is 75.2 Å². The number of hydrogen-bond donors (Lipinski definition) is 0. The summed E-state index contributed by atoms with van der Waals surface area (Å²) in [7, 11) is 3.39. The predicted octanol–water partition coefficient (Wildman–Crippen LogP) is 9.85. The van der Waals surface area contributed by atoms with Crippen molar-refractivity contribution in [1.82, 2.24) is 0 Å². The Morgan fingerprint density at radius 2 is 0.976 bits per heavy atom. The SMILES string of the molecule is COc1ccc(C(=CC/C(=C(/C=C/c2ccccc2)c2ccccc2)c2ccccc2)c2ccc(OC)cc2)cc1. The molecule has 0 fully saturated rings. The Balaban J connectivity index is 1.67. The van der Waals surface area contributed by atoms with Crippen molar-refractivity contribution in [3.63, 3.8) is 0 Å². The fourth-order valence-electron chi connectivity index (χ4n) is 4.90. The van der Waals surface area contributed by atoms with E-state index in [1.165, 1.54) is 27.8 Å². The van der Waals surface area contributed by atoms with Crippen molar-refractivity contribution in [3.05, 3.63) is 179 Å². The maximum Gasteiger partial charge on any atom is 0.118 e. The highest BCUT2D eigenvalue weighted by atomic mass is 16.5. The molecule has 0 saturated heterocycles. The lowest BCUT2D eigenvalue weighted by atomic mass is 9.89. The highest BCUT2D eigenvalue weighted by Gasteiger charge is 2.12. The molecule has 0 aliphatic carbocycles. The summed E-state index contributed by atoms with van der Waals surface area (Å²) >= 11 is 0. The number of methoxy groups -OCH3 is 2. The minimum atomic E-state index is 0.737. The second-order valence-corrected chi connectivity index (χ2v) is 9.65. The molecule has 0 atom stereocenters. The molecule has 2 nitrogen and oxygen atoms in total. The smallest absolute Gasteiger partial charge is 0.118 e. The summed E-state index contributed by atoms with van der Waals surface area (Å²) in [6.07, 6.45) is 7.52. The van der Waals surface area contributed by atoms with Crippen LogP contribution in [0.5, 0.6) is 11.5 Å². The summed E-state index contributed by atoms with van der Waals surface area (Å²) in [5.74, 6) is 1.68. The summed E-state index contributed by atoms with van der Waals surface area (Å²) in [6.45, 7) is 0. The minimum absolute atomic E-state index is 0.737. The van der Waals surface area contributed by atoms with E-state index in [0.717, 1.165) is 34.6 Å². The van der Waals surface area contributed by atoms with Crippen LogP contribution in [0.2, 0.25) is 0 Å². The van der Waals surface area contributed by atoms with Gasteiger partial charge in [0.2, 0.25) is 0 Å². The van der Waals surface area contributed by atoms with Crippen LogP contribution in [0.4, 0.5) is 0 Å². The topological polar surface area (TPSA) is 18.5 Å². The van der Waals surface area contributed by atoms with Gasteiger partial charge in [0.25, 0.3) is 0 Å². The van der Waals surface area contributed by atoms with Crippen molar-refractivity contribution in [3.8, 4) is 11.5 Å². The van der Waals surface area contributed by atoms with Gasteiger partial charge in [-0.2, -0.15) is 0 Å². The third-order valence-electron chi connectivity index (χ3n) is 7.09. The summed E-state index contributed by atoms with van der Waals surface area (Å²) in [5.41, 5.74) is 9.41. The molecule has 0 unspecified atom stereocenters. The first-order valence-corrected chi connectivity index (χ1v) is 13.8. The third-order valence-corrected chi connectivity index (χ3v) is 7.09. The normalized spacial score (nSPS) is 11.6. The molecule has 0 saturated carbocycles. The van der Waals surface area contributed by atoms with E-state index < -0.39 is 0 Å². The lowest BCUT2D eigenvalue weighted by molar-refractivity contribution is 0.414. The van der Waals surface area contributed by atoms with E-state index in [0.29, 0.717) is 0 Å². The van der Waals surface area contributed by atoms with Gasteiger partial charge in [0.05, 0.1) is 14.2 Å². The molecule has 5 rings (SSSR count). The number of rotatable bonds is 10. The van der Waals surface area contributed by atoms with Gasteiger partial charge in [-0.15, -0.1) is 0 Å². The van der Waals surface area contributed by atoms with Crippen LogP contribution in [-0.2, 0) is 0 Å². The van der Waals surface area contributed by atoms with Crippen molar-refractivity contribution in [2.75, 3.05) is 14.2 Å². The number of ether oxygens (including phenoxy) is 2. The fourth-order valence-corrected chi connectivity index (χ4v) is 4.90. The Bertz CT molecular complexity index is 1560. The van der Waals surface area contributed by atoms with Crippen LogP contribution in [0.3, 0.4) is 0 Å². The van der Waals surface area contributed by atoms with Gasteiger partial charge in [0.15, 0.2) is 0 Å². The third kappa shape index (κ3) is 7.12. The van der Waals surface area contributed by atoms with Gasteiger partial charge < -0.3 is 9.47 Å². The maximum atomic E-state index is 5.43. The van der Waals surface area contributed by atoms with Crippen molar-refractivity contribution in [2.45, 2.75) is 6.42 Å². The Kier molecular flexibility index (Phi) is 9.26. The molecule has 0 amide bonds. The molecule has 5 aromatic rings. The first kappa shape index (κ1) is 27.5. The lowest BCUT2D eigenvalue weighted by Gasteiger charge is -2.15. The zero-order valence-electron chi connectivity index (χ0n) is 23.5. The number of allylic oxidation sites excluding steroid dienone is 4. The lowest BCUT2D eigenvalue weighted by Crippen LogP contribution is -1.94. The van der Waals surface area contributed by atoms with E-state index in [-0.39, 0.29) is 0 Å².